The highest BCUT2D eigenvalue weighted by atomic mass is 35.5. The first-order valence-electron chi connectivity index (χ1n) is 10.2. The first-order valence-corrected chi connectivity index (χ1v) is 10.6. The van der Waals surface area contributed by atoms with Gasteiger partial charge in [-0.1, -0.05) is 36.7 Å². The largest absolute Gasteiger partial charge is 0.493 e. The minimum atomic E-state index is 0.475. The monoisotopic (exact) mass is 400 g/mol. The third kappa shape index (κ3) is 3.57. The average molecular weight is 401 g/mol. The van der Waals surface area contributed by atoms with E-state index >= 15 is 0 Å². The molecule has 2 fully saturated rings. The summed E-state index contributed by atoms with van der Waals surface area (Å²) < 4.78 is 17.3. The third-order valence-electron chi connectivity index (χ3n) is 6.99. The van der Waals surface area contributed by atoms with Gasteiger partial charge in [0.05, 0.1) is 20.8 Å². The molecule has 3 nitrogen and oxygen atoms in total. The minimum absolute atomic E-state index is 0.475. The van der Waals surface area contributed by atoms with E-state index in [-0.39, 0.29) is 0 Å². The Balaban J connectivity index is 1.60. The summed E-state index contributed by atoms with van der Waals surface area (Å²) in [4.78, 5) is 0. The molecule has 0 aliphatic heterocycles. The molecule has 2 aliphatic carbocycles. The first kappa shape index (κ1) is 19.4. The predicted octanol–water partition coefficient (Wildman–Crippen LogP) is 6.20. The molecular weight excluding hydrogens is 372 g/mol. The SMILES string of the molecule is COc1cccc(OC[C@@H]2C3CCC(C[C@@H]2c2cccc(Cl)c2)C3C)c1OC. The standard InChI is InChI=1S/C24H29ClO3/c1-15-16-10-11-19(15)21(20(13-16)17-6-4-7-18(25)12-17)14-28-23-9-5-8-22(26-2)24(23)27-3/h4-9,12,15-16,19-21H,10-11,13-14H2,1-3H3/t15?,16?,19?,20-,21-/m1/s1. The molecule has 0 amide bonds. The molecule has 150 valence electrons. The van der Waals surface area contributed by atoms with Crippen LogP contribution in [0.25, 0.3) is 0 Å². The van der Waals surface area contributed by atoms with Crippen LogP contribution in [0.1, 0.15) is 37.7 Å². The van der Waals surface area contributed by atoms with Gasteiger partial charge < -0.3 is 14.2 Å². The molecule has 2 aromatic rings. The molecule has 2 bridgehead atoms. The maximum Gasteiger partial charge on any atom is 0.203 e. The summed E-state index contributed by atoms with van der Waals surface area (Å²) in [5.74, 6) is 5.35. The Bertz CT molecular complexity index is 821. The molecule has 3 unspecified atom stereocenters. The number of ether oxygens (including phenoxy) is 3. The van der Waals surface area contributed by atoms with E-state index in [0.717, 1.165) is 22.6 Å². The Morgan fingerprint density at radius 2 is 1.79 bits per heavy atom. The summed E-state index contributed by atoms with van der Waals surface area (Å²) >= 11 is 6.31. The number of hydrogen-bond acceptors (Lipinski definition) is 3. The van der Waals surface area contributed by atoms with E-state index in [1.54, 1.807) is 14.2 Å². The first-order chi connectivity index (χ1) is 13.6. The number of para-hydroxylation sites is 1. The molecule has 2 saturated carbocycles. The predicted molar refractivity (Wildman–Crippen MR) is 113 cm³/mol. The Hall–Kier alpha value is -1.87. The quantitative estimate of drug-likeness (QED) is 0.577. The number of halogens is 1. The summed E-state index contributed by atoms with van der Waals surface area (Å²) in [7, 11) is 3.31. The lowest BCUT2D eigenvalue weighted by Gasteiger charge is -2.41. The van der Waals surface area contributed by atoms with Gasteiger partial charge in [-0.2, -0.15) is 0 Å². The summed E-state index contributed by atoms with van der Waals surface area (Å²) in [6.45, 7) is 3.11. The lowest BCUT2D eigenvalue weighted by atomic mass is 9.65. The van der Waals surface area contributed by atoms with Gasteiger partial charge in [-0.05, 0) is 72.8 Å². The van der Waals surface area contributed by atoms with Gasteiger partial charge in [-0.3, -0.25) is 0 Å². The van der Waals surface area contributed by atoms with E-state index < -0.39 is 0 Å². The minimum Gasteiger partial charge on any atom is -0.493 e. The number of benzene rings is 2. The fourth-order valence-corrected chi connectivity index (χ4v) is 5.73. The van der Waals surface area contributed by atoms with Crippen molar-refractivity contribution in [3.63, 3.8) is 0 Å². The zero-order valence-electron chi connectivity index (χ0n) is 16.9. The highest BCUT2D eigenvalue weighted by Crippen LogP contribution is 2.55. The van der Waals surface area contributed by atoms with Gasteiger partial charge in [0.25, 0.3) is 0 Å². The van der Waals surface area contributed by atoms with E-state index in [1.807, 2.05) is 24.3 Å². The molecule has 0 spiro atoms. The second kappa shape index (κ2) is 8.24. The van der Waals surface area contributed by atoms with Crippen molar-refractivity contribution in [1.82, 2.24) is 0 Å². The van der Waals surface area contributed by atoms with E-state index in [0.29, 0.717) is 35.9 Å². The van der Waals surface area contributed by atoms with Crippen molar-refractivity contribution in [2.24, 2.45) is 23.7 Å². The van der Waals surface area contributed by atoms with Crippen LogP contribution >= 0.6 is 11.6 Å². The molecule has 5 atom stereocenters. The van der Waals surface area contributed by atoms with Crippen LogP contribution in [0.5, 0.6) is 17.2 Å². The highest BCUT2D eigenvalue weighted by molar-refractivity contribution is 6.30. The lowest BCUT2D eigenvalue weighted by molar-refractivity contribution is 0.0890. The van der Waals surface area contributed by atoms with E-state index in [2.05, 4.69) is 25.1 Å². The molecule has 0 aromatic heterocycles. The number of fused-ring (bicyclic) bond motifs is 2. The van der Waals surface area contributed by atoms with Crippen LogP contribution in [0, 0.1) is 23.7 Å². The molecule has 2 aromatic carbocycles. The van der Waals surface area contributed by atoms with E-state index in [9.17, 15) is 0 Å². The molecule has 4 heteroatoms. The summed E-state index contributed by atoms with van der Waals surface area (Å²) in [6.07, 6.45) is 3.86. The van der Waals surface area contributed by atoms with Crippen LogP contribution in [-0.4, -0.2) is 20.8 Å². The van der Waals surface area contributed by atoms with E-state index in [4.69, 9.17) is 25.8 Å². The maximum atomic E-state index is 6.35. The second-order valence-electron chi connectivity index (χ2n) is 8.22. The Kier molecular flexibility index (Phi) is 5.73. The van der Waals surface area contributed by atoms with Crippen LogP contribution in [0.15, 0.2) is 42.5 Å². The molecule has 2 aliphatic rings. The fraction of sp³-hybridized carbons (Fsp3) is 0.500. The van der Waals surface area contributed by atoms with Gasteiger partial charge in [-0.15, -0.1) is 0 Å². The molecule has 4 rings (SSSR count). The van der Waals surface area contributed by atoms with E-state index in [1.165, 1.54) is 24.8 Å². The molecule has 0 N–H and O–H groups in total. The zero-order valence-corrected chi connectivity index (χ0v) is 17.6. The van der Waals surface area contributed by atoms with Gasteiger partial charge in [0.15, 0.2) is 11.5 Å². The van der Waals surface area contributed by atoms with Gasteiger partial charge >= 0.3 is 0 Å². The van der Waals surface area contributed by atoms with Crippen LogP contribution < -0.4 is 14.2 Å². The van der Waals surface area contributed by atoms with Crippen LogP contribution in [0.3, 0.4) is 0 Å². The van der Waals surface area contributed by atoms with Crippen molar-refractivity contribution in [3.8, 4) is 17.2 Å². The fourth-order valence-electron chi connectivity index (χ4n) is 5.54. The molecule has 0 saturated heterocycles. The topological polar surface area (TPSA) is 27.7 Å². The molecule has 0 heterocycles. The third-order valence-corrected chi connectivity index (χ3v) is 7.22. The normalized spacial score (nSPS) is 28.8. The van der Waals surface area contributed by atoms with Crippen molar-refractivity contribution >= 4 is 11.6 Å². The number of rotatable bonds is 6. The summed E-state index contributed by atoms with van der Waals surface area (Å²) in [5, 5.41) is 0.817. The summed E-state index contributed by atoms with van der Waals surface area (Å²) in [6, 6.07) is 14.2. The number of hydrogen-bond donors (Lipinski definition) is 0. The van der Waals surface area contributed by atoms with Gasteiger partial charge in [0, 0.05) is 10.9 Å². The van der Waals surface area contributed by atoms with Crippen molar-refractivity contribution < 1.29 is 14.2 Å². The zero-order chi connectivity index (χ0) is 19.7. The molecular formula is C24H29ClO3. The highest BCUT2D eigenvalue weighted by Gasteiger charge is 2.47. The number of methoxy groups -OCH3 is 2. The Morgan fingerprint density at radius 1 is 1.00 bits per heavy atom. The molecule has 28 heavy (non-hydrogen) atoms. The second-order valence-corrected chi connectivity index (χ2v) is 8.66. The van der Waals surface area contributed by atoms with Crippen molar-refractivity contribution in [2.45, 2.75) is 32.1 Å². The molecule has 0 radical (unpaired) electrons. The van der Waals surface area contributed by atoms with Crippen LogP contribution in [0.2, 0.25) is 5.02 Å². The summed E-state index contributed by atoms with van der Waals surface area (Å²) in [5.41, 5.74) is 1.35. The lowest BCUT2D eigenvalue weighted by Crippen LogP contribution is -2.36. The van der Waals surface area contributed by atoms with Gasteiger partial charge in [0.2, 0.25) is 5.75 Å². The van der Waals surface area contributed by atoms with Gasteiger partial charge in [0.1, 0.15) is 0 Å². The Labute approximate surface area is 173 Å². The maximum absolute atomic E-state index is 6.35. The van der Waals surface area contributed by atoms with Crippen LogP contribution in [0.4, 0.5) is 0 Å². The smallest absolute Gasteiger partial charge is 0.203 e. The van der Waals surface area contributed by atoms with Crippen molar-refractivity contribution in [1.29, 1.82) is 0 Å². The van der Waals surface area contributed by atoms with Crippen LogP contribution in [-0.2, 0) is 0 Å². The Morgan fingerprint density at radius 3 is 2.54 bits per heavy atom. The van der Waals surface area contributed by atoms with Gasteiger partial charge in [-0.25, -0.2) is 0 Å². The average Bonchev–Trinajstić information content (AvgIpc) is 2.95. The van der Waals surface area contributed by atoms with Crippen molar-refractivity contribution in [3.05, 3.63) is 53.1 Å². The van der Waals surface area contributed by atoms with Crippen molar-refractivity contribution in [2.75, 3.05) is 20.8 Å².